The summed E-state index contributed by atoms with van der Waals surface area (Å²) in [6.07, 6.45) is 2.33. The van der Waals surface area contributed by atoms with Crippen LogP contribution in [0.3, 0.4) is 0 Å². The molecule has 3 heterocycles. The molecular weight excluding hydrogens is 439 g/mol. The number of hydrogen-bond acceptors (Lipinski definition) is 4. The summed E-state index contributed by atoms with van der Waals surface area (Å²) in [5.41, 5.74) is 3.02. The van der Waals surface area contributed by atoms with Crippen LogP contribution in [0, 0.1) is 12.8 Å². The molecule has 4 rings (SSSR count). The summed E-state index contributed by atoms with van der Waals surface area (Å²) >= 11 is 12.6. The third-order valence-corrected chi connectivity index (χ3v) is 6.64. The molecule has 2 amide bonds. The molecule has 0 saturated carbocycles. The van der Waals surface area contributed by atoms with Crippen LogP contribution >= 0.6 is 23.2 Å². The largest absolute Gasteiger partial charge is 0.349 e. The number of amides is 2. The molecule has 1 N–H and O–H groups in total. The normalized spacial score (nSPS) is 19.1. The number of rotatable bonds is 3. The quantitative estimate of drug-likeness (QED) is 0.647. The highest BCUT2D eigenvalue weighted by atomic mass is 35.5. The highest BCUT2D eigenvalue weighted by Crippen LogP contribution is 2.27. The molecule has 3 aromatic rings. The van der Waals surface area contributed by atoms with Gasteiger partial charge >= 0.3 is 0 Å². The van der Waals surface area contributed by atoms with Gasteiger partial charge < -0.3 is 14.8 Å². The zero-order valence-corrected chi connectivity index (χ0v) is 19.3. The second-order valence-electron chi connectivity index (χ2n) is 8.15. The Morgan fingerprint density at radius 3 is 2.61 bits per heavy atom. The summed E-state index contributed by atoms with van der Waals surface area (Å²) in [5, 5.41) is 8.04. The lowest BCUT2D eigenvalue weighted by atomic mass is 9.93. The Kier molecular flexibility index (Phi) is 5.70. The van der Waals surface area contributed by atoms with E-state index in [2.05, 4.69) is 15.4 Å². The molecular formula is C21H24Cl2N6O2. The molecule has 2 aromatic heterocycles. The average molecular weight is 463 g/mol. The van der Waals surface area contributed by atoms with Gasteiger partial charge in [-0.3, -0.25) is 14.3 Å². The summed E-state index contributed by atoms with van der Waals surface area (Å²) in [5.74, 6) is -0.234. The maximum Gasteiger partial charge on any atom is 0.256 e. The molecule has 1 fully saturated rings. The SMILES string of the molecule is Cc1nn(C)c(Cl)c1C(=O)N[C@@H]1CCN(C(=O)c2cc(Cl)c3ncn(C)c3c2)C[C@@H]1C. The van der Waals surface area contributed by atoms with Crippen molar-refractivity contribution < 1.29 is 9.59 Å². The Bertz CT molecular complexity index is 1180. The van der Waals surface area contributed by atoms with Crippen LogP contribution < -0.4 is 5.32 Å². The van der Waals surface area contributed by atoms with E-state index in [1.165, 1.54) is 4.68 Å². The van der Waals surface area contributed by atoms with Crippen molar-refractivity contribution in [2.75, 3.05) is 13.1 Å². The van der Waals surface area contributed by atoms with Crippen molar-refractivity contribution in [3.63, 3.8) is 0 Å². The van der Waals surface area contributed by atoms with Crippen LogP contribution in [0.15, 0.2) is 18.5 Å². The molecule has 1 aromatic carbocycles. The zero-order chi connectivity index (χ0) is 22.4. The van der Waals surface area contributed by atoms with Crippen molar-refractivity contribution >= 4 is 46.0 Å². The van der Waals surface area contributed by atoms with Gasteiger partial charge in [-0.1, -0.05) is 30.1 Å². The molecule has 0 aliphatic carbocycles. The molecule has 1 aliphatic rings. The minimum Gasteiger partial charge on any atom is -0.349 e. The van der Waals surface area contributed by atoms with E-state index in [-0.39, 0.29) is 23.8 Å². The van der Waals surface area contributed by atoms with Crippen LogP contribution in [-0.4, -0.2) is 55.2 Å². The van der Waals surface area contributed by atoms with E-state index in [0.717, 1.165) is 5.52 Å². The van der Waals surface area contributed by atoms with E-state index in [1.54, 1.807) is 26.4 Å². The number of aromatic nitrogens is 4. The minimum absolute atomic E-state index is 0.0598. The van der Waals surface area contributed by atoms with Crippen molar-refractivity contribution in [1.82, 2.24) is 29.5 Å². The number of hydrogen-bond donors (Lipinski definition) is 1. The molecule has 31 heavy (non-hydrogen) atoms. The third-order valence-electron chi connectivity index (χ3n) is 5.92. The predicted octanol–water partition coefficient (Wildman–Crippen LogP) is 3.20. The molecule has 10 heteroatoms. The van der Waals surface area contributed by atoms with Crippen LogP contribution in [0.25, 0.3) is 11.0 Å². The van der Waals surface area contributed by atoms with Crippen LogP contribution in [0.4, 0.5) is 0 Å². The monoisotopic (exact) mass is 462 g/mol. The lowest BCUT2D eigenvalue weighted by Crippen LogP contribution is -2.51. The van der Waals surface area contributed by atoms with Crippen LogP contribution in [-0.2, 0) is 14.1 Å². The van der Waals surface area contributed by atoms with E-state index in [0.29, 0.717) is 52.0 Å². The van der Waals surface area contributed by atoms with E-state index in [9.17, 15) is 9.59 Å². The average Bonchev–Trinajstić information content (AvgIpc) is 3.22. The Morgan fingerprint density at radius 2 is 1.97 bits per heavy atom. The summed E-state index contributed by atoms with van der Waals surface area (Å²) in [6.45, 7) is 4.86. The summed E-state index contributed by atoms with van der Waals surface area (Å²) in [7, 11) is 3.57. The maximum absolute atomic E-state index is 13.1. The van der Waals surface area contributed by atoms with Crippen LogP contribution in [0.2, 0.25) is 10.2 Å². The molecule has 0 unspecified atom stereocenters. The van der Waals surface area contributed by atoms with E-state index < -0.39 is 0 Å². The second kappa shape index (κ2) is 8.16. The number of carbonyl (C=O) groups is 2. The molecule has 0 radical (unpaired) electrons. The van der Waals surface area contributed by atoms with E-state index >= 15 is 0 Å². The van der Waals surface area contributed by atoms with Gasteiger partial charge in [0.2, 0.25) is 0 Å². The number of nitrogens with one attached hydrogen (secondary N) is 1. The summed E-state index contributed by atoms with van der Waals surface area (Å²) < 4.78 is 3.33. The number of nitrogens with zero attached hydrogens (tertiary/aromatic N) is 5. The summed E-state index contributed by atoms with van der Waals surface area (Å²) in [6, 6.07) is 3.43. The predicted molar refractivity (Wildman–Crippen MR) is 120 cm³/mol. The van der Waals surface area contributed by atoms with Gasteiger partial charge in [-0.25, -0.2) is 4.98 Å². The van der Waals surface area contributed by atoms with Gasteiger partial charge in [0.1, 0.15) is 10.7 Å². The first-order valence-electron chi connectivity index (χ1n) is 10.1. The lowest BCUT2D eigenvalue weighted by molar-refractivity contribution is 0.0633. The van der Waals surface area contributed by atoms with Gasteiger partial charge in [-0.15, -0.1) is 0 Å². The van der Waals surface area contributed by atoms with Crippen molar-refractivity contribution in [2.24, 2.45) is 20.0 Å². The van der Waals surface area contributed by atoms with Crippen molar-refractivity contribution in [3.05, 3.63) is 45.5 Å². The topological polar surface area (TPSA) is 85.1 Å². The number of halogens is 2. The minimum atomic E-state index is -0.235. The Labute approximate surface area is 190 Å². The third kappa shape index (κ3) is 3.90. The lowest BCUT2D eigenvalue weighted by Gasteiger charge is -2.37. The van der Waals surface area contributed by atoms with E-state index in [1.807, 2.05) is 29.5 Å². The van der Waals surface area contributed by atoms with Crippen molar-refractivity contribution in [2.45, 2.75) is 26.3 Å². The van der Waals surface area contributed by atoms with Gasteiger partial charge in [0.25, 0.3) is 11.8 Å². The number of likely N-dealkylation sites (tertiary alicyclic amines) is 1. The van der Waals surface area contributed by atoms with Gasteiger partial charge in [0, 0.05) is 38.8 Å². The van der Waals surface area contributed by atoms with Crippen LogP contribution in [0.5, 0.6) is 0 Å². The number of aryl methyl sites for hydroxylation is 3. The Balaban J connectivity index is 1.46. The van der Waals surface area contributed by atoms with Crippen LogP contribution in [0.1, 0.15) is 39.8 Å². The highest BCUT2D eigenvalue weighted by Gasteiger charge is 2.32. The number of imidazole rings is 1. The molecule has 8 nitrogen and oxygen atoms in total. The van der Waals surface area contributed by atoms with Gasteiger partial charge in [-0.05, 0) is 31.4 Å². The van der Waals surface area contributed by atoms with Gasteiger partial charge in [0.15, 0.2) is 0 Å². The second-order valence-corrected chi connectivity index (χ2v) is 8.92. The first-order chi connectivity index (χ1) is 14.7. The standard InChI is InChI=1S/C21H24Cl2N6O2/c1-11-9-29(21(31)13-7-14(22)18-16(8-13)27(3)10-24-18)6-5-15(11)25-20(30)17-12(2)26-28(4)19(17)23/h7-8,10-11,15H,5-6,9H2,1-4H3,(H,25,30)/t11-,15+/m0/s1. The molecule has 0 bridgehead atoms. The van der Waals surface area contributed by atoms with Crippen molar-refractivity contribution in [3.8, 4) is 0 Å². The number of piperidine rings is 1. The van der Waals surface area contributed by atoms with Crippen molar-refractivity contribution in [1.29, 1.82) is 0 Å². The summed E-state index contributed by atoms with van der Waals surface area (Å²) in [4.78, 5) is 32.0. The molecule has 164 valence electrons. The molecule has 2 atom stereocenters. The maximum atomic E-state index is 13.1. The smallest absolute Gasteiger partial charge is 0.256 e. The van der Waals surface area contributed by atoms with Gasteiger partial charge in [0.05, 0.1) is 28.1 Å². The fraction of sp³-hybridized carbons (Fsp3) is 0.429. The highest BCUT2D eigenvalue weighted by molar-refractivity contribution is 6.35. The molecule has 1 aliphatic heterocycles. The van der Waals surface area contributed by atoms with Gasteiger partial charge in [-0.2, -0.15) is 5.10 Å². The zero-order valence-electron chi connectivity index (χ0n) is 17.8. The van der Waals surface area contributed by atoms with E-state index in [4.69, 9.17) is 23.2 Å². The first-order valence-corrected chi connectivity index (χ1v) is 10.8. The fourth-order valence-corrected chi connectivity index (χ4v) is 4.69. The molecule has 0 spiro atoms. The Morgan fingerprint density at radius 1 is 1.23 bits per heavy atom. The number of carbonyl (C=O) groups excluding carboxylic acids is 2. The number of fused-ring (bicyclic) bond motifs is 1. The number of benzene rings is 1. The molecule has 1 saturated heterocycles. The fourth-order valence-electron chi connectivity index (χ4n) is 4.17. The Hall–Kier alpha value is -2.58. The first kappa shape index (κ1) is 21.6.